The highest BCUT2D eigenvalue weighted by atomic mass is 16.5. The fourth-order valence-corrected chi connectivity index (χ4v) is 2.68. The first-order valence-corrected chi connectivity index (χ1v) is 7.16. The molecule has 0 radical (unpaired) electrons. The van der Waals surface area contributed by atoms with Crippen LogP contribution in [-0.4, -0.2) is 30.1 Å². The fraction of sp³-hybridized carbons (Fsp3) is 0.375. The zero-order valence-electron chi connectivity index (χ0n) is 11.9. The Morgan fingerprint density at radius 1 is 1.33 bits per heavy atom. The van der Waals surface area contributed by atoms with Crippen molar-refractivity contribution in [3.8, 4) is 0 Å². The number of H-pyrrole nitrogens is 1. The third-order valence-corrected chi connectivity index (χ3v) is 3.92. The third kappa shape index (κ3) is 2.69. The minimum atomic E-state index is -0.313. The zero-order chi connectivity index (χ0) is 14.8. The lowest BCUT2D eigenvalue weighted by molar-refractivity contribution is 0.0696. The van der Waals surface area contributed by atoms with E-state index < -0.39 is 0 Å². The van der Waals surface area contributed by atoms with Crippen molar-refractivity contribution in [3.05, 3.63) is 45.7 Å². The van der Waals surface area contributed by atoms with Gasteiger partial charge in [-0.05, 0) is 31.4 Å². The second-order valence-electron chi connectivity index (χ2n) is 5.39. The van der Waals surface area contributed by atoms with Crippen molar-refractivity contribution in [1.82, 2.24) is 10.3 Å². The Hall–Kier alpha value is -2.14. The molecule has 0 spiro atoms. The van der Waals surface area contributed by atoms with Gasteiger partial charge in [0.2, 0.25) is 5.43 Å². The maximum absolute atomic E-state index is 12.5. The number of rotatable bonds is 2. The molecule has 1 aliphatic heterocycles. The van der Waals surface area contributed by atoms with E-state index in [2.05, 4.69) is 10.3 Å². The van der Waals surface area contributed by atoms with Crippen molar-refractivity contribution < 1.29 is 9.53 Å². The fourth-order valence-electron chi connectivity index (χ4n) is 2.68. The van der Waals surface area contributed by atoms with Gasteiger partial charge in [0, 0.05) is 30.8 Å². The van der Waals surface area contributed by atoms with Crippen LogP contribution in [0.2, 0.25) is 0 Å². The summed E-state index contributed by atoms with van der Waals surface area (Å²) in [6, 6.07) is 5.58. The number of aromatic nitrogens is 1. The van der Waals surface area contributed by atoms with Gasteiger partial charge in [-0.2, -0.15) is 0 Å². The molecule has 5 heteroatoms. The largest absolute Gasteiger partial charge is 0.381 e. The number of hydrogen-bond donors (Lipinski definition) is 2. The highest BCUT2D eigenvalue weighted by Gasteiger charge is 2.19. The molecule has 1 amide bonds. The minimum Gasteiger partial charge on any atom is -0.381 e. The summed E-state index contributed by atoms with van der Waals surface area (Å²) in [5, 5.41) is 3.47. The number of aryl methyl sites for hydroxylation is 1. The predicted molar refractivity (Wildman–Crippen MR) is 80.6 cm³/mol. The summed E-state index contributed by atoms with van der Waals surface area (Å²) in [6.45, 7) is 3.23. The second kappa shape index (κ2) is 5.69. The van der Waals surface area contributed by atoms with E-state index in [1.54, 1.807) is 6.07 Å². The standard InChI is InChI=1S/C16H18N2O3/c1-10-3-2-4-12-14(10)17-9-13(15(12)19)16(20)18-11-5-7-21-8-6-11/h2-4,9,11H,5-8H2,1H3,(H,17,19)(H,18,20). The average Bonchev–Trinajstić information content (AvgIpc) is 2.49. The van der Waals surface area contributed by atoms with Gasteiger partial charge in [0.25, 0.3) is 5.91 Å². The average molecular weight is 286 g/mol. The number of aromatic amines is 1. The van der Waals surface area contributed by atoms with Crippen LogP contribution in [0.1, 0.15) is 28.8 Å². The number of amides is 1. The van der Waals surface area contributed by atoms with Crippen LogP contribution in [0.5, 0.6) is 0 Å². The van der Waals surface area contributed by atoms with Crippen molar-refractivity contribution in [2.75, 3.05) is 13.2 Å². The Bertz CT molecular complexity index is 730. The summed E-state index contributed by atoms with van der Waals surface area (Å²) in [6.07, 6.45) is 3.08. The highest BCUT2D eigenvalue weighted by molar-refractivity contribution is 5.97. The maximum Gasteiger partial charge on any atom is 0.256 e. The smallest absolute Gasteiger partial charge is 0.256 e. The second-order valence-corrected chi connectivity index (χ2v) is 5.39. The number of carbonyl (C=O) groups is 1. The van der Waals surface area contributed by atoms with Crippen LogP contribution >= 0.6 is 0 Å². The molecule has 3 rings (SSSR count). The molecule has 1 saturated heterocycles. The van der Waals surface area contributed by atoms with Gasteiger partial charge in [0.05, 0.1) is 5.52 Å². The van der Waals surface area contributed by atoms with E-state index in [9.17, 15) is 9.59 Å². The molecule has 2 N–H and O–H groups in total. The van der Waals surface area contributed by atoms with Crippen molar-refractivity contribution in [3.63, 3.8) is 0 Å². The Balaban J connectivity index is 1.91. The number of para-hydroxylation sites is 1. The molecule has 0 aliphatic carbocycles. The van der Waals surface area contributed by atoms with Gasteiger partial charge in [-0.15, -0.1) is 0 Å². The molecule has 1 aromatic carbocycles. The summed E-state index contributed by atoms with van der Waals surface area (Å²) in [4.78, 5) is 27.8. The lowest BCUT2D eigenvalue weighted by Gasteiger charge is -2.23. The summed E-state index contributed by atoms with van der Waals surface area (Å²) < 4.78 is 5.26. The molecule has 0 unspecified atom stereocenters. The first-order chi connectivity index (χ1) is 10.2. The van der Waals surface area contributed by atoms with Gasteiger partial charge in [-0.25, -0.2) is 0 Å². The van der Waals surface area contributed by atoms with E-state index in [1.807, 2.05) is 19.1 Å². The predicted octanol–water partition coefficient (Wildman–Crippen LogP) is 1.75. The van der Waals surface area contributed by atoms with E-state index in [4.69, 9.17) is 4.74 Å². The topological polar surface area (TPSA) is 71.2 Å². The van der Waals surface area contributed by atoms with E-state index in [-0.39, 0.29) is 22.9 Å². The number of ether oxygens (including phenoxy) is 1. The molecule has 5 nitrogen and oxygen atoms in total. The minimum absolute atomic E-state index is 0.0823. The monoisotopic (exact) mass is 286 g/mol. The molecule has 1 aliphatic rings. The van der Waals surface area contributed by atoms with Gasteiger partial charge >= 0.3 is 0 Å². The number of fused-ring (bicyclic) bond motifs is 1. The first kappa shape index (κ1) is 13.8. The SMILES string of the molecule is Cc1cccc2c(=O)c(C(=O)NC3CCOCC3)c[nH]c12. The summed E-state index contributed by atoms with van der Waals surface area (Å²) >= 11 is 0. The van der Waals surface area contributed by atoms with Crippen molar-refractivity contribution in [2.45, 2.75) is 25.8 Å². The lowest BCUT2D eigenvalue weighted by atomic mass is 10.1. The molecule has 0 atom stereocenters. The number of hydrogen-bond acceptors (Lipinski definition) is 3. The molecule has 2 aromatic rings. The van der Waals surface area contributed by atoms with Crippen LogP contribution in [0.3, 0.4) is 0 Å². The zero-order valence-corrected chi connectivity index (χ0v) is 11.9. The maximum atomic E-state index is 12.5. The molecular weight excluding hydrogens is 268 g/mol. The van der Waals surface area contributed by atoms with Crippen LogP contribution in [0.4, 0.5) is 0 Å². The molecule has 110 valence electrons. The molecule has 2 heterocycles. The first-order valence-electron chi connectivity index (χ1n) is 7.16. The van der Waals surface area contributed by atoms with Crippen LogP contribution in [-0.2, 0) is 4.74 Å². The van der Waals surface area contributed by atoms with Gasteiger partial charge in [0.15, 0.2) is 0 Å². The Morgan fingerprint density at radius 2 is 2.10 bits per heavy atom. The summed E-state index contributed by atoms with van der Waals surface area (Å²) in [5.74, 6) is -0.313. The van der Waals surface area contributed by atoms with Crippen molar-refractivity contribution >= 4 is 16.8 Å². The van der Waals surface area contributed by atoms with Gasteiger partial charge in [0.1, 0.15) is 5.56 Å². The van der Waals surface area contributed by atoms with Gasteiger partial charge in [-0.3, -0.25) is 9.59 Å². The third-order valence-electron chi connectivity index (χ3n) is 3.92. The van der Waals surface area contributed by atoms with Crippen LogP contribution in [0.15, 0.2) is 29.2 Å². The van der Waals surface area contributed by atoms with E-state index in [0.29, 0.717) is 18.6 Å². The molecule has 0 bridgehead atoms. The van der Waals surface area contributed by atoms with Crippen molar-refractivity contribution in [1.29, 1.82) is 0 Å². The Morgan fingerprint density at radius 3 is 2.86 bits per heavy atom. The molecular formula is C16H18N2O3. The molecule has 21 heavy (non-hydrogen) atoms. The normalized spacial score (nSPS) is 16.0. The van der Waals surface area contributed by atoms with Crippen molar-refractivity contribution in [2.24, 2.45) is 0 Å². The molecule has 0 saturated carbocycles. The quantitative estimate of drug-likeness (QED) is 0.883. The van der Waals surface area contributed by atoms with Crippen LogP contribution < -0.4 is 10.7 Å². The Kier molecular flexibility index (Phi) is 3.75. The van der Waals surface area contributed by atoms with Gasteiger partial charge in [-0.1, -0.05) is 12.1 Å². The number of benzene rings is 1. The Labute approximate surface area is 122 Å². The van der Waals surface area contributed by atoms with E-state index >= 15 is 0 Å². The number of carbonyl (C=O) groups excluding carboxylic acids is 1. The van der Waals surface area contributed by atoms with Crippen LogP contribution in [0, 0.1) is 6.92 Å². The van der Waals surface area contributed by atoms with E-state index in [1.165, 1.54) is 6.20 Å². The molecule has 1 fully saturated rings. The van der Waals surface area contributed by atoms with Crippen LogP contribution in [0.25, 0.3) is 10.9 Å². The lowest BCUT2D eigenvalue weighted by Crippen LogP contribution is -2.40. The number of nitrogens with one attached hydrogen (secondary N) is 2. The highest BCUT2D eigenvalue weighted by Crippen LogP contribution is 2.13. The summed E-state index contributed by atoms with van der Waals surface area (Å²) in [7, 11) is 0. The molecule has 1 aromatic heterocycles. The van der Waals surface area contributed by atoms with Gasteiger partial charge < -0.3 is 15.0 Å². The number of pyridine rings is 1. The van der Waals surface area contributed by atoms with E-state index in [0.717, 1.165) is 23.9 Å². The summed E-state index contributed by atoms with van der Waals surface area (Å²) in [5.41, 5.74) is 1.71.